The first-order valence-electron chi connectivity index (χ1n) is 8.98. The number of imidazole rings is 1. The molecule has 0 saturated carbocycles. The van der Waals surface area contributed by atoms with Crippen LogP contribution in [-0.4, -0.2) is 54.9 Å². The molecule has 0 aliphatic rings. The largest absolute Gasteiger partial charge is 0.392 e. The number of aliphatic hydroxyl groups is 1. The molecule has 3 atom stereocenters. The monoisotopic (exact) mass is 433 g/mol. The third-order valence-electron chi connectivity index (χ3n) is 3.70. The second-order valence-corrected chi connectivity index (χ2v) is 9.82. The molecule has 0 fully saturated rings. The third-order valence-corrected chi connectivity index (χ3v) is 5.44. The number of aliphatic hydroxyl groups excluding tert-OH is 1. The van der Waals surface area contributed by atoms with Gasteiger partial charge in [-0.1, -0.05) is 13.8 Å². The van der Waals surface area contributed by atoms with E-state index >= 15 is 0 Å². The first-order valence-corrected chi connectivity index (χ1v) is 11.6. The summed E-state index contributed by atoms with van der Waals surface area (Å²) in [5.74, 6) is 0.530. The Hall–Kier alpha value is -1.20. The molecule has 0 radical (unpaired) electrons. The van der Waals surface area contributed by atoms with Crippen molar-refractivity contribution >= 4 is 35.5 Å². The second-order valence-electron chi connectivity index (χ2n) is 7.03. The Kier molecular flexibility index (Phi) is 8.26. The minimum Gasteiger partial charge on any atom is -0.392 e. The maximum Gasteiger partial charge on any atom is 0.324 e. The highest BCUT2D eigenvalue weighted by molar-refractivity contribution is 8.07. The number of nitrogen functional groups attached to an aromatic ring is 1. The Labute approximate surface area is 169 Å². The van der Waals surface area contributed by atoms with Gasteiger partial charge in [0.1, 0.15) is 11.8 Å². The van der Waals surface area contributed by atoms with Crippen LogP contribution in [-0.2, 0) is 25.6 Å². The van der Waals surface area contributed by atoms with E-state index in [-0.39, 0.29) is 31.1 Å². The Morgan fingerprint density at radius 1 is 1.25 bits per heavy atom. The van der Waals surface area contributed by atoms with E-state index in [4.69, 9.17) is 31.3 Å². The van der Waals surface area contributed by atoms with Gasteiger partial charge in [0, 0.05) is 0 Å². The molecule has 2 aromatic heterocycles. The quantitative estimate of drug-likeness (QED) is 0.451. The average Bonchev–Trinajstić information content (AvgIpc) is 3.01. The highest BCUT2D eigenvalue weighted by Crippen LogP contribution is 2.45. The second kappa shape index (κ2) is 10.0. The number of hydrogen-bond donors (Lipinski definition) is 3. The molecular formula is C16H28N5O5PS. The van der Waals surface area contributed by atoms with Crippen LogP contribution in [0.1, 0.15) is 40.3 Å². The number of rotatable bonds is 11. The van der Waals surface area contributed by atoms with Gasteiger partial charge in [-0.25, -0.2) is 15.0 Å². The summed E-state index contributed by atoms with van der Waals surface area (Å²) in [6, 6.07) is 0. The molecule has 10 nitrogen and oxygen atoms in total. The molecular weight excluding hydrogens is 405 g/mol. The van der Waals surface area contributed by atoms with E-state index in [0.717, 1.165) is 0 Å². The fourth-order valence-corrected chi connectivity index (χ4v) is 4.31. The van der Waals surface area contributed by atoms with Crippen molar-refractivity contribution in [1.29, 1.82) is 0 Å². The molecule has 2 aromatic rings. The van der Waals surface area contributed by atoms with E-state index < -0.39 is 19.1 Å². The van der Waals surface area contributed by atoms with E-state index in [9.17, 15) is 10.00 Å². The van der Waals surface area contributed by atoms with Gasteiger partial charge >= 0.3 is 6.72 Å². The summed E-state index contributed by atoms with van der Waals surface area (Å²) in [5.41, 5.74) is 6.69. The Bertz CT molecular complexity index is 818. The maximum absolute atomic E-state index is 10.1. The smallest absolute Gasteiger partial charge is 0.324 e. The van der Waals surface area contributed by atoms with E-state index in [1.165, 1.54) is 12.7 Å². The fourth-order valence-electron chi connectivity index (χ4n) is 2.66. The summed E-state index contributed by atoms with van der Waals surface area (Å²) in [5, 5.41) is 9.88. The number of hydrogen-bond acceptors (Lipinski definition) is 9. The van der Waals surface area contributed by atoms with E-state index in [1.807, 2.05) is 13.8 Å². The van der Waals surface area contributed by atoms with Crippen LogP contribution >= 0.6 is 6.72 Å². The van der Waals surface area contributed by atoms with Gasteiger partial charge in [0.2, 0.25) is 0 Å². The lowest BCUT2D eigenvalue weighted by Crippen LogP contribution is -2.28. The van der Waals surface area contributed by atoms with Crippen LogP contribution in [0.2, 0.25) is 0 Å². The van der Waals surface area contributed by atoms with Crippen LogP contribution in [0, 0.1) is 5.92 Å². The Balaban J connectivity index is 2.16. The van der Waals surface area contributed by atoms with Crippen molar-refractivity contribution in [1.82, 2.24) is 19.5 Å². The summed E-state index contributed by atoms with van der Waals surface area (Å²) in [6.45, 7) is 3.93. The number of nitrogens with zero attached hydrogens (tertiary/aromatic N) is 4. The molecule has 0 spiro atoms. The lowest BCUT2D eigenvalue weighted by atomic mass is 10.1. The topological polar surface area (TPSA) is 138 Å². The molecule has 0 aliphatic carbocycles. The Morgan fingerprint density at radius 2 is 1.96 bits per heavy atom. The molecule has 0 aromatic carbocycles. The van der Waals surface area contributed by atoms with Crippen LogP contribution in [0.25, 0.3) is 11.2 Å². The van der Waals surface area contributed by atoms with Crippen molar-refractivity contribution in [2.24, 2.45) is 5.92 Å². The normalized spacial score (nSPS) is 16.6. The lowest BCUT2D eigenvalue weighted by Gasteiger charge is -2.27. The van der Waals surface area contributed by atoms with Crippen LogP contribution in [0.15, 0.2) is 12.7 Å². The van der Waals surface area contributed by atoms with Crippen molar-refractivity contribution in [3.05, 3.63) is 12.7 Å². The van der Waals surface area contributed by atoms with Gasteiger partial charge in [-0.2, -0.15) is 0 Å². The third kappa shape index (κ3) is 6.41. The summed E-state index contributed by atoms with van der Waals surface area (Å²) in [6.07, 6.45) is 1.96. The minimum absolute atomic E-state index is 0.0267. The van der Waals surface area contributed by atoms with Gasteiger partial charge in [-0.3, -0.25) is 4.57 Å². The number of aromatic nitrogens is 4. The zero-order chi connectivity index (χ0) is 20.9. The molecule has 1 unspecified atom stereocenters. The number of ether oxygens (including phenoxy) is 1. The predicted molar refractivity (Wildman–Crippen MR) is 109 cm³/mol. The first-order chi connectivity index (χ1) is 13.1. The average molecular weight is 433 g/mol. The SMILES string of the molecule is CC(C)C[C@H](COP(O)(=S)OC(C)C)O[C@H](CO)n1cnc2c(N)ncnc21. The minimum atomic E-state index is -3.37. The molecule has 2 rings (SSSR count). The molecule has 28 heavy (non-hydrogen) atoms. The number of fused-ring (bicyclic) bond motifs is 1. The molecule has 158 valence electrons. The van der Waals surface area contributed by atoms with Crippen LogP contribution in [0.4, 0.5) is 5.82 Å². The van der Waals surface area contributed by atoms with Crippen molar-refractivity contribution in [3.63, 3.8) is 0 Å². The van der Waals surface area contributed by atoms with Gasteiger partial charge < -0.3 is 29.5 Å². The van der Waals surface area contributed by atoms with Gasteiger partial charge in [-0.15, -0.1) is 0 Å². The summed E-state index contributed by atoms with van der Waals surface area (Å²) in [7, 11) is 0. The van der Waals surface area contributed by atoms with Gasteiger partial charge in [0.05, 0.1) is 31.7 Å². The van der Waals surface area contributed by atoms with Crippen molar-refractivity contribution < 1.29 is 23.8 Å². The van der Waals surface area contributed by atoms with E-state index in [0.29, 0.717) is 17.6 Å². The zero-order valence-corrected chi connectivity index (χ0v) is 18.1. The molecule has 0 saturated heterocycles. The predicted octanol–water partition coefficient (Wildman–Crippen LogP) is 1.99. The molecule has 0 amide bonds. The van der Waals surface area contributed by atoms with Crippen molar-refractivity contribution in [2.45, 2.75) is 52.6 Å². The zero-order valence-electron chi connectivity index (χ0n) is 16.4. The van der Waals surface area contributed by atoms with E-state index in [1.54, 1.807) is 18.4 Å². The molecule has 0 aliphatic heterocycles. The van der Waals surface area contributed by atoms with Gasteiger partial charge in [0.15, 0.2) is 17.7 Å². The molecule has 0 bridgehead atoms. The lowest BCUT2D eigenvalue weighted by molar-refractivity contribution is -0.0991. The van der Waals surface area contributed by atoms with Gasteiger partial charge in [-0.05, 0) is 38.0 Å². The summed E-state index contributed by atoms with van der Waals surface area (Å²) in [4.78, 5) is 22.4. The van der Waals surface area contributed by atoms with Crippen LogP contribution in [0.3, 0.4) is 0 Å². The molecule has 4 N–H and O–H groups in total. The van der Waals surface area contributed by atoms with E-state index in [2.05, 4.69) is 15.0 Å². The van der Waals surface area contributed by atoms with Crippen molar-refractivity contribution in [2.75, 3.05) is 18.9 Å². The number of nitrogens with two attached hydrogens (primary N) is 1. The van der Waals surface area contributed by atoms with Crippen molar-refractivity contribution in [3.8, 4) is 0 Å². The summed E-state index contributed by atoms with van der Waals surface area (Å²) >= 11 is 5.02. The van der Waals surface area contributed by atoms with Gasteiger partial charge in [0.25, 0.3) is 0 Å². The maximum atomic E-state index is 10.1. The standard InChI is InChI=1S/C16H28N5O5PS/c1-10(2)5-12(7-24-27(23,28)26-11(3)4)25-13(6-22)21-9-20-14-15(17)18-8-19-16(14)21/h8-13,22H,5-7H2,1-4H3,(H,23,28)(H2,17,18,19)/t12-,13-,27?/m1/s1. The highest BCUT2D eigenvalue weighted by Gasteiger charge is 2.25. The van der Waals surface area contributed by atoms with Crippen LogP contribution < -0.4 is 5.73 Å². The first kappa shape index (κ1) is 23.1. The highest BCUT2D eigenvalue weighted by atomic mass is 32.5. The molecule has 2 heterocycles. The number of anilines is 1. The molecule has 12 heteroatoms. The summed E-state index contributed by atoms with van der Waals surface area (Å²) < 4.78 is 18.4. The Morgan fingerprint density at radius 3 is 2.57 bits per heavy atom. The fraction of sp³-hybridized carbons (Fsp3) is 0.688. The van der Waals surface area contributed by atoms with Crippen LogP contribution in [0.5, 0.6) is 0 Å².